The van der Waals surface area contributed by atoms with Gasteiger partial charge in [0, 0.05) is 5.69 Å². The molecule has 0 fully saturated rings. The lowest BCUT2D eigenvalue weighted by molar-refractivity contribution is 0.101. The summed E-state index contributed by atoms with van der Waals surface area (Å²) < 4.78 is 22.3. The van der Waals surface area contributed by atoms with Crippen LogP contribution >= 0.6 is 0 Å². The van der Waals surface area contributed by atoms with Crippen molar-refractivity contribution < 1.29 is 13.2 Å². The van der Waals surface area contributed by atoms with Crippen molar-refractivity contribution in [2.24, 2.45) is 5.14 Å². The summed E-state index contributed by atoms with van der Waals surface area (Å²) in [7, 11) is -3.83. The fourth-order valence-electron chi connectivity index (χ4n) is 1.32. The molecule has 1 amide bonds. The first kappa shape index (κ1) is 13.0. The van der Waals surface area contributed by atoms with E-state index in [0.717, 1.165) is 0 Å². The summed E-state index contributed by atoms with van der Waals surface area (Å²) in [5.74, 6) is -0.752. The summed E-state index contributed by atoms with van der Waals surface area (Å²) in [6.07, 6.45) is 0. The molecule has 1 aromatic heterocycles. The Morgan fingerprint density at radius 2 is 2.11 bits per heavy atom. The van der Waals surface area contributed by atoms with E-state index in [1.807, 2.05) is 0 Å². The van der Waals surface area contributed by atoms with Gasteiger partial charge in [0.2, 0.25) is 21.8 Å². The second-order valence-electron chi connectivity index (χ2n) is 3.57. The van der Waals surface area contributed by atoms with Gasteiger partial charge in [0.05, 0.1) is 4.90 Å². The molecule has 0 radical (unpaired) electrons. The van der Waals surface area contributed by atoms with Crippen molar-refractivity contribution in [2.75, 3.05) is 11.1 Å². The van der Waals surface area contributed by atoms with E-state index in [1.54, 1.807) is 0 Å². The number of hydrogen-bond acceptors (Lipinski definition) is 6. The number of nitrogen functional groups attached to an aromatic ring is 1. The average molecular weight is 282 g/mol. The zero-order chi connectivity index (χ0) is 14.0. The lowest BCUT2D eigenvalue weighted by atomic mass is 10.3. The van der Waals surface area contributed by atoms with Crippen LogP contribution in [0.25, 0.3) is 0 Å². The zero-order valence-corrected chi connectivity index (χ0v) is 10.3. The number of nitrogens with two attached hydrogens (primary N) is 2. The smallest absolute Gasteiger partial charge is 0.293 e. The number of nitrogens with zero attached hydrogens (tertiary/aromatic N) is 2. The lowest BCUT2D eigenvalue weighted by Gasteiger charge is -2.04. The topological polar surface area (TPSA) is 157 Å². The van der Waals surface area contributed by atoms with Gasteiger partial charge in [-0.25, -0.2) is 13.6 Å². The number of anilines is 2. The average Bonchev–Trinajstić information content (AvgIpc) is 2.75. The third kappa shape index (κ3) is 3.05. The minimum absolute atomic E-state index is 0.0663. The van der Waals surface area contributed by atoms with Crippen molar-refractivity contribution in [1.29, 1.82) is 0 Å². The second-order valence-corrected chi connectivity index (χ2v) is 5.13. The number of aromatic nitrogens is 3. The molecule has 100 valence electrons. The molecule has 0 saturated carbocycles. The first-order valence-corrected chi connectivity index (χ1v) is 6.53. The Bertz CT molecular complexity index is 723. The highest BCUT2D eigenvalue weighted by molar-refractivity contribution is 7.89. The number of benzene rings is 1. The van der Waals surface area contributed by atoms with E-state index in [4.69, 9.17) is 10.9 Å². The largest absolute Gasteiger partial charge is 0.366 e. The molecule has 0 atom stereocenters. The monoisotopic (exact) mass is 282 g/mol. The summed E-state index contributed by atoms with van der Waals surface area (Å²) in [4.78, 5) is 15.2. The number of carbonyl (C=O) groups is 1. The number of aromatic amines is 1. The molecule has 10 heteroatoms. The van der Waals surface area contributed by atoms with Crippen molar-refractivity contribution >= 4 is 27.6 Å². The summed E-state index contributed by atoms with van der Waals surface area (Å²) in [5.41, 5.74) is 5.52. The van der Waals surface area contributed by atoms with E-state index < -0.39 is 15.9 Å². The maximum atomic E-state index is 11.7. The van der Waals surface area contributed by atoms with Crippen LogP contribution in [0.4, 0.5) is 11.6 Å². The molecule has 1 heterocycles. The predicted molar refractivity (Wildman–Crippen MR) is 66.6 cm³/mol. The molecule has 6 N–H and O–H groups in total. The van der Waals surface area contributed by atoms with E-state index in [2.05, 4.69) is 20.5 Å². The van der Waals surface area contributed by atoms with Crippen LogP contribution in [0.5, 0.6) is 0 Å². The van der Waals surface area contributed by atoms with Crippen molar-refractivity contribution in [3.63, 3.8) is 0 Å². The first-order chi connectivity index (χ1) is 8.86. The lowest BCUT2D eigenvalue weighted by Crippen LogP contribution is -2.15. The molecule has 0 aliphatic carbocycles. The van der Waals surface area contributed by atoms with Crippen LogP contribution in [0.3, 0.4) is 0 Å². The number of carbonyl (C=O) groups excluding carboxylic acids is 1. The normalized spacial score (nSPS) is 11.2. The molecule has 19 heavy (non-hydrogen) atoms. The molecule has 2 rings (SSSR count). The molecule has 2 aromatic rings. The van der Waals surface area contributed by atoms with Crippen LogP contribution in [-0.2, 0) is 10.0 Å². The SMILES string of the molecule is Nc1n[nH]c(C(=O)Nc2cccc(S(N)(=O)=O)c2)n1. The highest BCUT2D eigenvalue weighted by Gasteiger charge is 2.13. The zero-order valence-electron chi connectivity index (χ0n) is 9.49. The number of sulfonamides is 1. The molecule has 0 unspecified atom stereocenters. The van der Waals surface area contributed by atoms with E-state index in [-0.39, 0.29) is 22.4 Å². The molecule has 0 bridgehead atoms. The van der Waals surface area contributed by atoms with E-state index in [9.17, 15) is 13.2 Å². The maximum Gasteiger partial charge on any atom is 0.293 e. The minimum atomic E-state index is -3.83. The Morgan fingerprint density at radius 3 is 2.68 bits per heavy atom. The van der Waals surface area contributed by atoms with E-state index in [1.165, 1.54) is 24.3 Å². The Balaban J connectivity index is 2.22. The fraction of sp³-hybridized carbons (Fsp3) is 0. The fourth-order valence-corrected chi connectivity index (χ4v) is 1.88. The van der Waals surface area contributed by atoms with Crippen LogP contribution in [0.1, 0.15) is 10.6 Å². The number of nitrogens with one attached hydrogen (secondary N) is 2. The molecule has 0 saturated heterocycles. The van der Waals surface area contributed by atoms with Gasteiger partial charge >= 0.3 is 0 Å². The highest BCUT2D eigenvalue weighted by atomic mass is 32.2. The van der Waals surface area contributed by atoms with Gasteiger partial charge in [0.1, 0.15) is 0 Å². The number of hydrogen-bond donors (Lipinski definition) is 4. The van der Waals surface area contributed by atoms with Crippen LogP contribution in [0.2, 0.25) is 0 Å². The Labute approximate surface area is 108 Å². The van der Waals surface area contributed by atoms with Crippen LogP contribution in [-0.4, -0.2) is 29.5 Å². The maximum absolute atomic E-state index is 11.7. The molecule has 9 nitrogen and oxygen atoms in total. The molecule has 0 spiro atoms. The third-order valence-corrected chi connectivity index (χ3v) is 3.05. The summed E-state index contributed by atoms with van der Waals surface area (Å²) in [6.45, 7) is 0. The number of H-pyrrole nitrogens is 1. The van der Waals surface area contributed by atoms with Crippen LogP contribution in [0, 0.1) is 0 Å². The second kappa shape index (κ2) is 4.66. The molecule has 0 aliphatic rings. The van der Waals surface area contributed by atoms with Gasteiger partial charge in [-0.05, 0) is 18.2 Å². The van der Waals surface area contributed by atoms with Gasteiger partial charge < -0.3 is 11.1 Å². The van der Waals surface area contributed by atoms with Gasteiger partial charge in [0.25, 0.3) is 5.91 Å². The standard InChI is InChI=1S/C9H10N6O3S/c10-9-13-7(14-15-9)8(16)12-5-2-1-3-6(4-5)19(11,17)18/h1-4H,(H,12,16)(H2,11,17,18)(H3,10,13,14,15). The Hall–Kier alpha value is -2.46. The Morgan fingerprint density at radius 1 is 1.37 bits per heavy atom. The van der Waals surface area contributed by atoms with E-state index in [0.29, 0.717) is 0 Å². The first-order valence-electron chi connectivity index (χ1n) is 4.98. The van der Waals surface area contributed by atoms with Crippen molar-refractivity contribution in [2.45, 2.75) is 4.90 Å². The number of rotatable bonds is 3. The molecular weight excluding hydrogens is 272 g/mol. The van der Waals surface area contributed by atoms with Crippen molar-refractivity contribution in [3.8, 4) is 0 Å². The Kier molecular flexibility index (Phi) is 3.19. The summed E-state index contributed by atoms with van der Waals surface area (Å²) >= 11 is 0. The van der Waals surface area contributed by atoms with Crippen LogP contribution < -0.4 is 16.2 Å². The molecule has 0 aliphatic heterocycles. The van der Waals surface area contributed by atoms with Crippen LogP contribution in [0.15, 0.2) is 29.2 Å². The molecule has 1 aromatic carbocycles. The van der Waals surface area contributed by atoms with Gasteiger partial charge in [0.15, 0.2) is 0 Å². The van der Waals surface area contributed by atoms with Gasteiger partial charge in [-0.3, -0.25) is 9.89 Å². The van der Waals surface area contributed by atoms with Crippen molar-refractivity contribution in [3.05, 3.63) is 30.1 Å². The number of amides is 1. The summed E-state index contributed by atoms with van der Waals surface area (Å²) in [5, 5.41) is 13.3. The minimum Gasteiger partial charge on any atom is -0.366 e. The van der Waals surface area contributed by atoms with Gasteiger partial charge in [-0.2, -0.15) is 4.98 Å². The van der Waals surface area contributed by atoms with Gasteiger partial charge in [-0.15, -0.1) is 5.10 Å². The third-order valence-electron chi connectivity index (χ3n) is 2.14. The molecular formula is C9H10N6O3S. The number of primary sulfonamides is 1. The summed E-state index contributed by atoms with van der Waals surface area (Å²) in [6, 6.07) is 5.50. The predicted octanol–water partition coefficient (Wildman–Crippen LogP) is -0.713. The quantitative estimate of drug-likeness (QED) is 0.582. The van der Waals surface area contributed by atoms with E-state index >= 15 is 0 Å². The van der Waals surface area contributed by atoms with Gasteiger partial charge in [-0.1, -0.05) is 6.07 Å². The van der Waals surface area contributed by atoms with Crippen molar-refractivity contribution in [1.82, 2.24) is 15.2 Å². The highest BCUT2D eigenvalue weighted by Crippen LogP contribution is 2.14.